The van der Waals surface area contributed by atoms with E-state index in [-0.39, 0.29) is 0 Å². The predicted octanol–water partition coefficient (Wildman–Crippen LogP) is 3.66. The minimum Gasteiger partial charge on any atom is -0.495 e. The summed E-state index contributed by atoms with van der Waals surface area (Å²) in [6.45, 7) is 0. The van der Waals surface area contributed by atoms with Gasteiger partial charge in [0, 0.05) is 6.07 Å². The topological polar surface area (TPSA) is 65.5 Å². The molecule has 0 atom stereocenters. The van der Waals surface area contributed by atoms with E-state index in [1.807, 2.05) is 0 Å². The zero-order chi connectivity index (χ0) is 15.4. The average molecular weight is 375 g/mol. The van der Waals surface area contributed by atoms with Crippen molar-refractivity contribution in [2.24, 2.45) is 0 Å². The van der Waals surface area contributed by atoms with Gasteiger partial charge in [-0.3, -0.25) is 0 Å². The first-order valence-electron chi connectivity index (χ1n) is 5.84. The van der Waals surface area contributed by atoms with Gasteiger partial charge in [0.05, 0.1) is 42.7 Å². The van der Waals surface area contributed by atoms with Crippen molar-refractivity contribution < 1.29 is 14.2 Å². The Bertz CT molecular complexity index is 655. The molecule has 0 amide bonds. The van der Waals surface area contributed by atoms with Crippen LogP contribution in [0.5, 0.6) is 17.4 Å². The highest BCUT2D eigenvalue weighted by Crippen LogP contribution is 2.37. The maximum atomic E-state index is 6.11. The van der Waals surface area contributed by atoms with Crippen molar-refractivity contribution in [2.75, 3.05) is 26.6 Å². The molecule has 1 N–H and O–H groups in total. The highest BCUT2D eigenvalue weighted by atomic mass is 79.9. The van der Waals surface area contributed by atoms with Crippen LogP contribution in [0.25, 0.3) is 0 Å². The summed E-state index contributed by atoms with van der Waals surface area (Å²) in [6.07, 6.45) is 1.59. The number of hydrogen-bond acceptors (Lipinski definition) is 6. The van der Waals surface area contributed by atoms with Crippen LogP contribution in [-0.4, -0.2) is 31.3 Å². The lowest BCUT2D eigenvalue weighted by molar-refractivity contribution is 0.393. The van der Waals surface area contributed by atoms with Gasteiger partial charge in [0.25, 0.3) is 0 Å². The Kier molecular flexibility index (Phi) is 5.08. The quantitative estimate of drug-likeness (QED) is 0.861. The van der Waals surface area contributed by atoms with Gasteiger partial charge in [0.1, 0.15) is 11.5 Å². The van der Waals surface area contributed by atoms with E-state index in [0.29, 0.717) is 38.5 Å². The summed E-state index contributed by atoms with van der Waals surface area (Å²) >= 11 is 9.41. The first kappa shape index (κ1) is 15.7. The van der Waals surface area contributed by atoms with Crippen molar-refractivity contribution in [3.8, 4) is 17.4 Å². The molecule has 0 fully saturated rings. The second-order valence-corrected chi connectivity index (χ2v) is 5.12. The van der Waals surface area contributed by atoms with E-state index in [4.69, 9.17) is 25.8 Å². The molecule has 0 saturated carbocycles. The molecule has 2 rings (SSSR count). The van der Waals surface area contributed by atoms with Crippen LogP contribution in [0.4, 0.5) is 11.6 Å². The van der Waals surface area contributed by atoms with Gasteiger partial charge >= 0.3 is 0 Å². The second kappa shape index (κ2) is 6.82. The van der Waals surface area contributed by atoms with Crippen LogP contribution in [0.1, 0.15) is 0 Å². The largest absolute Gasteiger partial charge is 0.495 e. The third kappa shape index (κ3) is 3.48. The van der Waals surface area contributed by atoms with Crippen molar-refractivity contribution >= 4 is 39.2 Å². The van der Waals surface area contributed by atoms with Crippen molar-refractivity contribution in [1.29, 1.82) is 0 Å². The summed E-state index contributed by atoms with van der Waals surface area (Å²) in [4.78, 5) is 8.36. The van der Waals surface area contributed by atoms with Crippen LogP contribution in [0, 0.1) is 0 Å². The number of aromatic nitrogens is 2. The summed E-state index contributed by atoms with van der Waals surface area (Å²) in [7, 11) is 4.62. The first-order chi connectivity index (χ1) is 10.1. The molecule has 1 aromatic heterocycles. The van der Waals surface area contributed by atoms with Gasteiger partial charge < -0.3 is 19.5 Å². The lowest BCUT2D eigenvalue weighted by atomic mass is 10.2. The van der Waals surface area contributed by atoms with Gasteiger partial charge in [-0.1, -0.05) is 11.6 Å². The average Bonchev–Trinajstić information content (AvgIpc) is 2.49. The predicted molar refractivity (Wildman–Crippen MR) is 84.1 cm³/mol. The van der Waals surface area contributed by atoms with Crippen molar-refractivity contribution in [3.63, 3.8) is 0 Å². The van der Waals surface area contributed by atoms with Gasteiger partial charge in [-0.25, -0.2) is 4.98 Å². The van der Waals surface area contributed by atoms with E-state index >= 15 is 0 Å². The van der Waals surface area contributed by atoms with Crippen molar-refractivity contribution in [3.05, 3.63) is 27.8 Å². The number of halogens is 2. The molecular formula is C13H13BrClN3O3. The molecule has 0 aliphatic carbocycles. The zero-order valence-corrected chi connectivity index (χ0v) is 13.9. The lowest BCUT2D eigenvalue weighted by Crippen LogP contribution is -2.01. The van der Waals surface area contributed by atoms with E-state index in [0.717, 1.165) is 0 Å². The first-order valence-corrected chi connectivity index (χ1v) is 7.01. The van der Waals surface area contributed by atoms with Crippen LogP contribution in [0.2, 0.25) is 5.02 Å². The standard InChI is InChI=1S/C13H13BrClN3O3/c1-19-10-5-11(20-2)9(4-8(10)15)17-13-16-6-7(14)12(18-13)21-3/h4-6H,1-3H3,(H,16,17,18). The number of methoxy groups -OCH3 is 3. The number of anilines is 2. The summed E-state index contributed by atoms with van der Waals surface area (Å²) in [5, 5.41) is 3.48. The fraction of sp³-hybridized carbons (Fsp3) is 0.231. The minimum absolute atomic E-state index is 0.356. The molecule has 1 heterocycles. The molecule has 0 spiro atoms. The Labute approximate surface area is 135 Å². The molecule has 1 aromatic carbocycles. The molecule has 0 aliphatic heterocycles. The Hall–Kier alpha value is -1.73. The van der Waals surface area contributed by atoms with Crippen LogP contribution >= 0.6 is 27.5 Å². The van der Waals surface area contributed by atoms with Gasteiger partial charge in [-0.2, -0.15) is 4.98 Å². The molecule has 0 bridgehead atoms. The Morgan fingerprint density at radius 3 is 2.43 bits per heavy atom. The monoisotopic (exact) mass is 373 g/mol. The molecule has 0 radical (unpaired) electrons. The van der Waals surface area contributed by atoms with Crippen LogP contribution in [0.3, 0.4) is 0 Å². The van der Waals surface area contributed by atoms with Crippen LogP contribution in [0.15, 0.2) is 22.8 Å². The highest BCUT2D eigenvalue weighted by molar-refractivity contribution is 9.10. The summed E-state index contributed by atoms with van der Waals surface area (Å²) in [5.74, 6) is 1.86. The fourth-order valence-electron chi connectivity index (χ4n) is 1.63. The molecule has 0 unspecified atom stereocenters. The Balaban J connectivity index is 2.37. The Morgan fingerprint density at radius 2 is 1.81 bits per heavy atom. The molecule has 6 nitrogen and oxygen atoms in total. The van der Waals surface area contributed by atoms with Crippen molar-refractivity contribution in [1.82, 2.24) is 9.97 Å². The third-order valence-corrected chi connectivity index (χ3v) is 3.46. The molecule has 0 saturated heterocycles. The smallest absolute Gasteiger partial charge is 0.232 e. The number of ether oxygens (including phenoxy) is 3. The van der Waals surface area contributed by atoms with E-state index in [2.05, 4.69) is 31.2 Å². The summed E-state index contributed by atoms with van der Waals surface area (Å²) in [6, 6.07) is 3.36. The molecule has 8 heteroatoms. The van der Waals surface area contributed by atoms with E-state index in [1.165, 1.54) is 14.2 Å². The number of benzene rings is 1. The maximum Gasteiger partial charge on any atom is 0.232 e. The molecule has 21 heavy (non-hydrogen) atoms. The van der Waals surface area contributed by atoms with Gasteiger partial charge in [0.2, 0.25) is 11.8 Å². The summed E-state index contributed by atoms with van der Waals surface area (Å²) in [5.41, 5.74) is 0.618. The normalized spacial score (nSPS) is 10.1. The molecule has 112 valence electrons. The van der Waals surface area contributed by atoms with Gasteiger partial charge in [-0.15, -0.1) is 0 Å². The number of hydrogen-bond donors (Lipinski definition) is 1. The van der Waals surface area contributed by atoms with Gasteiger partial charge in [0.15, 0.2) is 0 Å². The second-order valence-electron chi connectivity index (χ2n) is 3.86. The van der Waals surface area contributed by atoms with Crippen LogP contribution in [-0.2, 0) is 0 Å². The fourth-order valence-corrected chi connectivity index (χ4v) is 2.23. The number of nitrogens with one attached hydrogen (secondary N) is 1. The zero-order valence-electron chi connectivity index (χ0n) is 11.6. The van der Waals surface area contributed by atoms with Crippen molar-refractivity contribution in [2.45, 2.75) is 0 Å². The van der Waals surface area contributed by atoms with E-state index < -0.39 is 0 Å². The van der Waals surface area contributed by atoms with E-state index in [9.17, 15) is 0 Å². The van der Waals surface area contributed by atoms with Crippen LogP contribution < -0.4 is 19.5 Å². The number of nitrogens with zero attached hydrogens (tertiary/aromatic N) is 2. The van der Waals surface area contributed by atoms with E-state index in [1.54, 1.807) is 25.4 Å². The minimum atomic E-state index is 0.356. The third-order valence-electron chi connectivity index (χ3n) is 2.63. The molecular weight excluding hydrogens is 362 g/mol. The maximum absolute atomic E-state index is 6.11. The van der Waals surface area contributed by atoms with Gasteiger partial charge in [-0.05, 0) is 22.0 Å². The Morgan fingerprint density at radius 1 is 1.10 bits per heavy atom. The number of rotatable bonds is 5. The lowest BCUT2D eigenvalue weighted by Gasteiger charge is -2.13. The SMILES string of the molecule is COc1cc(OC)c(Nc2ncc(Br)c(OC)n2)cc1Cl. The molecule has 0 aliphatic rings. The highest BCUT2D eigenvalue weighted by Gasteiger charge is 2.12. The summed E-state index contributed by atoms with van der Waals surface area (Å²) < 4.78 is 16.2. The molecule has 2 aromatic rings.